The molecule has 0 aliphatic carbocycles. The van der Waals surface area contributed by atoms with E-state index in [0.29, 0.717) is 5.92 Å². The van der Waals surface area contributed by atoms with Crippen LogP contribution in [0.1, 0.15) is 32.6 Å². The van der Waals surface area contributed by atoms with E-state index in [1.54, 1.807) is 0 Å². The Labute approximate surface area is 97.4 Å². The van der Waals surface area contributed by atoms with Gasteiger partial charge in [-0.25, -0.2) is 0 Å². The van der Waals surface area contributed by atoms with Crippen LogP contribution in [0, 0.1) is 5.92 Å². The highest BCUT2D eigenvalue weighted by molar-refractivity contribution is 6.33. The highest BCUT2D eigenvalue weighted by Gasteiger charge is 2.21. The topological polar surface area (TPSA) is 6.48 Å². The summed E-state index contributed by atoms with van der Waals surface area (Å²) in [6.07, 6.45) is 5.24. The molecule has 1 saturated heterocycles. The van der Waals surface area contributed by atoms with Crippen LogP contribution in [0.2, 0.25) is 0 Å². The number of nitrogens with zero attached hydrogens (tertiary/aromatic N) is 2. The van der Waals surface area contributed by atoms with Gasteiger partial charge in [0.25, 0.3) is 0 Å². The van der Waals surface area contributed by atoms with Gasteiger partial charge in [-0.2, -0.15) is 0 Å². The van der Waals surface area contributed by atoms with E-state index in [9.17, 15) is 0 Å². The second-order valence-electron chi connectivity index (χ2n) is 4.46. The fourth-order valence-electron chi connectivity index (χ4n) is 2.22. The van der Waals surface area contributed by atoms with E-state index in [0.717, 1.165) is 12.6 Å². The van der Waals surface area contributed by atoms with Crippen molar-refractivity contribution in [3.8, 4) is 0 Å². The predicted molar refractivity (Wildman–Crippen MR) is 62.5 cm³/mol. The van der Waals surface area contributed by atoms with Crippen molar-refractivity contribution in [1.82, 2.24) is 8.84 Å². The van der Waals surface area contributed by atoms with Crippen molar-refractivity contribution in [2.75, 3.05) is 20.1 Å². The van der Waals surface area contributed by atoms with Gasteiger partial charge in [-0.05, 0) is 62.3 Å². The van der Waals surface area contributed by atoms with Gasteiger partial charge in [0.05, 0.1) is 0 Å². The normalized spacial score (nSPS) is 26.8. The summed E-state index contributed by atoms with van der Waals surface area (Å²) in [5.74, 6) is 0.565. The highest BCUT2D eigenvalue weighted by Crippen LogP contribution is 2.22. The van der Waals surface area contributed by atoms with Crippen LogP contribution in [0.4, 0.5) is 0 Å². The van der Waals surface area contributed by atoms with Crippen molar-refractivity contribution < 1.29 is 0 Å². The molecule has 0 amide bonds. The summed E-state index contributed by atoms with van der Waals surface area (Å²) in [6, 6.07) is 0.729. The zero-order chi connectivity index (χ0) is 10.6. The van der Waals surface area contributed by atoms with Crippen LogP contribution < -0.4 is 0 Å². The average Bonchev–Trinajstić information content (AvgIpc) is 2.07. The molecule has 14 heavy (non-hydrogen) atoms. The standard InChI is InChI=1S/C10H20Cl2N2/c1-9(8-14(11)12)7-10-5-3-4-6-13(10)2/h9-10H,3-8H2,1-2H3. The third kappa shape index (κ3) is 4.35. The van der Waals surface area contributed by atoms with Crippen LogP contribution in [0.3, 0.4) is 0 Å². The number of hydrogen-bond donors (Lipinski definition) is 0. The van der Waals surface area contributed by atoms with E-state index >= 15 is 0 Å². The largest absolute Gasteiger partial charge is 0.303 e. The van der Waals surface area contributed by atoms with Crippen molar-refractivity contribution in [2.45, 2.75) is 38.6 Å². The van der Waals surface area contributed by atoms with Gasteiger partial charge in [0.1, 0.15) is 0 Å². The number of hydrogen-bond acceptors (Lipinski definition) is 2. The second-order valence-corrected chi connectivity index (χ2v) is 5.45. The summed E-state index contributed by atoms with van der Waals surface area (Å²) < 4.78 is 1.24. The van der Waals surface area contributed by atoms with Crippen LogP contribution in [-0.2, 0) is 0 Å². The van der Waals surface area contributed by atoms with Gasteiger partial charge in [0.2, 0.25) is 0 Å². The first-order chi connectivity index (χ1) is 6.59. The third-order valence-corrected chi connectivity index (χ3v) is 3.32. The van der Waals surface area contributed by atoms with Crippen LogP contribution >= 0.6 is 23.6 Å². The van der Waals surface area contributed by atoms with Gasteiger partial charge >= 0.3 is 0 Å². The second kappa shape index (κ2) is 6.16. The lowest BCUT2D eigenvalue weighted by atomic mass is 9.94. The molecule has 1 aliphatic rings. The summed E-state index contributed by atoms with van der Waals surface area (Å²) in [5, 5.41) is 0. The lowest BCUT2D eigenvalue weighted by molar-refractivity contribution is 0.158. The lowest BCUT2D eigenvalue weighted by Gasteiger charge is -2.34. The first-order valence-electron chi connectivity index (χ1n) is 5.39. The van der Waals surface area contributed by atoms with Crippen LogP contribution in [-0.4, -0.2) is 35.0 Å². The molecular formula is C10H20Cl2N2. The number of piperidine rings is 1. The maximum Gasteiger partial charge on any atom is 0.0330 e. The fraction of sp³-hybridized carbons (Fsp3) is 1.00. The average molecular weight is 239 g/mol. The van der Waals surface area contributed by atoms with Crippen molar-refractivity contribution in [3.63, 3.8) is 0 Å². The predicted octanol–water partition coefficient (Wildman–Crippen LogP) is 3.11. The third-order valence-electron chi connectivity index (χ3n) is 3.05. The van der Waals surface area contributed by atoms with Gasteiger partial charge in [-0.3, -0.25) is 0 Å². The molecule has 0 radical (unpaired) electrons. The van der Waals surface area contributed by atoms with Gasteiger partial charge in [0.15, 0.2) is 0 Å². The molecule has 0 aromatic rings. The van der Waals surface area contributed by atoms with E-state index in [1.165, 1.54) is 36.2 Å². The van der Waals surface area contributed by atoms with Gasteiger partial charge in [-0.1, -0.05) is 13.3 Å². The molecule has 1 aliphatic heterocycles. The minimum atomic E-state index is 0.565. The highest BCUT2D eigenvalue weighted by atomic mass is 35.5. The SMILES string of the molecule is CC(CC1CCCCN1C)CN(Cl)Cl. The first kappa shape index (κ1) is 12.6. The Kier molecular flexibility index (Phi) is 5.53. The van der Waals surface area contributed by atoms with Crippen LogP contribution in [0.5, 0.6) is 0 Å². The van der Waals surface area contributed by atoms with Crippen molar-refractivity contribution in [2.24, 2.45) is 5.92 Å². The Balaban J connectivity index is 2.27. The molecule has 2 atom stereocenters. The molecule has 0 saturated carbocycles. The maximum atomic E-state index is 5.61. The molecule has 0 aromatic heterocycles. The number of halogens is 2. The molecule has 0 aromatic carbocycles. The van der Waals surface area contributed by atoms with E-state index in [2.05, 4.69) is 18.9 Å². The minimum absolute atomic E-state index is 0.565. The van der Waals surface area contributed by atoms with Gasteiger partial charge in [0, 0.05) is 12.6 Å². The first-order valence-corrected chi connectivity index (χ1v) is 6.06. The van der Waals surface area contributed by atoms with E-state index < -0.39 is 0 Å². The van der Waals surface area contributed by atoms with E-state index in [-0.39, 0.29) is 0 Å². The van der Waals surface area contributed by atoms with E-state index in [1.807, 2.05) is 0 Å². The Morgan fingerprint density at radius 2 is 2.14 bits per heavy atom. The molecule has 2 nitrogen and oxygen atoms in total. The molecule has 1 rings (SSSR count). The lowest BCUT2D eigenvalue weighted by Crippen LogP contribution is -2.38. The van der Waals surface area contributed by atoms with Crippen LogP contribution in [0.15, 0.2) is 0 Å². The summed E-state index contributed by atoms with van der Waals surface area (Å²) in [7, 11) is 2.22. The number of likely N-dealkylation sites (tertiary alicyclic amines) is 1. The minimum Gasteiger partial charge on any atom is -0.303 e. The van der Waals surface area contributed by atoms with Gasteiger partial charge in [-0.15, -0.1) is 3.94 Å². The Morgan fingerprint density at radius 1 is 1.43 bits per heavy atom. The van der Waals surface area contributed by atoms with Crippen molar-refractivity contribution in [3.05, 3.63) is 0 Å². The Morgan fingerprint density at radius 3 is 2.71 bits per heavy atom. The Bertz CT molecular complexity index is 164. The Hall–Kier alpha value is 0.500. The zero-order valence-electron chi connectivity index (χ0n) is 9.05. The fourth-order valence-corrected chi connectivity index (χ4v) is 2.69. The zero-order valence-corrected chi connectivity index (χ0v) is 10.6. The molecule has 84 valence electrons. The van der Waals surface area contributed by atoms with Crippen molar-refractivity contribution >= 4 is 23.6 Å². The summed E-state index contributed by atoms with van der Waals surface area (Å²) >= 11 is 11.2. The smallest absolute Gasteiger partial charge is 0.0330 e. The monoisotopic (exact) mass is 238 g/mol. The summed E-state index contributed by atoms with van der Waals surface area (Å²) in [5.41, 5.74) is 0. The summed E-state index contributed by atoms with van der Waals surface area (Å²) in [6.45, 7) is 4.20. The van der Waals surface area contributed by atoms with E-state index in [4.69, 9.17) is 23.6 Å². The molecule has 4 heteroatoms. The molecule has 0 spiro atoms. The summed E-state index contributed by atoms with van der Waals surface area (Å²) in [4.78, 5) is 2.47. The van der Waals surface area contributed by atoms with Gasteiger partial charge < -0.3 is 4.90 Å². The number of rotatable bonds is 4. The quantitative estimate of drug-likeness (QED) is 0.695. The molecule has 1 fully saturated rings. The molecule has 2 unspecified atom stereocenters. The molecule has 0 bridgehead atoms. The molecular weight excluding hydrogens is 219 g/mol. The molecule has 1 heterocycles. The maximum absolute atomic E-state index is 5.61. The molecule has 0 N–H and O–H groups in total. The van der Waals surface area contributed by atoms with Crippen LogP contribution in [0.25, 0.3) is 0 Å². The van der Waals surface area contributed by atoms with Crippen molar-refractivity contribution in [1.29, 1.82) is 0 Å².